The lowest BCUT2D eigenvalue weighted by Crippen LogP contribution is -2.45. The summed E-state index contributed by atoms with van der Waals surface area (Å²) in [6.45, 7) is 3.52. The molecule has 0 unspecified atom stereocenters. The Labute approximate surface area is 149 Å². The maximum Gasteiger partial charge on any atom is 0.127 e. The minimum absolute atomic E-state index is 0. The molecule has 1 saturated heterocycles. The van der Waals surface area contributed by atoms with Crippen molar-refractivity contribution in [1.82, 2.24) is 10.2 Å². The first-order chi connectivity index (χ1) is 11.4. The normalized spacial score (nSPS) is 16.2. The van der Waals surface area contributed by atoms with Gasteiger partial charge >= 0.3 is 0 Å². The fraction of sp³-hybridized carbons (Fsp3) is 0.368. The van der Waals surface area contributed by atoms with Gasteiger partial charge in [-0.15, -0.1) is 12.4 Å². The van der Waals surface area contributed by atoms with Gasteiger partial charge in [-0.3, -0.25) is 9.29 Å². The van der Waals surface area contributed by atoms with E-state index < -0.39 is 0 Å². The SMILES string of the molecule is Cl.FCC[C@H](c1cccc(Oc2ccccc2)c1)N1CCNCC1. The van der Waals surface area contributed by atoms with Gasteiger partial charge in [-0.1, -0.05) is 30.3 Å². The molecule has 5 heteroatoms. The van der Waals surface area contributed by atoms with Crippen molar-refractivity contribution in [2.24, 2.45) is 0 Å². The predicted octanol–water partition coefficient (Wildman–Crippen LogP) is 4.21. The average molecular weight is 351 g/mol. The second-order valence-corrected chi connectivity index (χ2v) is 5.77. The minimum Gasteiger partial charge on any atom is -0.457 e. The van der Waals surface area contributed by atoms with Gasteiger partial charge in [-0.2, -0.15) is 0 Å². The van der Waals surface area contributed by atoms with E-state index in [1.54, 1.807) is 0 Å². The van der Waals surface area contributed by atoms with Crippen molar-refractivity contribution in [2.75, 3.05) is 32.9 Å². The van der Waals surface area contributed by atoms with E-state index in [0.717, 1.165) is 43.2 Å². The van der Waals surface area contributed by atoms with Crippen LogP contribution in [-0.2, 0) is 0 Å². The minimum atomic E-state index is -0.307. The Kier molecular flexibility index (Phi) is 7.50. The lowest BCUT2D eigenvalue weighted by Gasteiger charge is -2.35. The summed E-state index contributed by atoms with van der Waals surface area (Å²) in [4.78, 5) is 2.36. The zero-order valence-corrected chi connectivity index (χ0v) is 14.5. The summed E-state index contributed by atoms with van der Waals surface area (Å²) < 4.78 is 19.0. The number of halogens is 2. The van der Waals surface area contributed by atoms with Crippen LogP contribution >= 0.6 is 12.4 Å². The van der Waals surface area contributed by atoms with E-state index in [1.165, 1.54) is 0 Å². The molecule has 3 rings (SSSR count). The van der Waals surface area contributed by atoms with Gasteiger partial charge in [0.1, 0.15) is 11.5 Å². The summed E-state index contributed by atoms with van der Waals surface area (Å²) in [6.07, 6.45) is 0.523. The molecule has 0 saturated carbocycles. The molecule has 0 aromatic heterocycles. The molecule has 1 heterocycles. The molecular weight excluding hydrogens is 327 g/mol. The van der Waals surface area contributed by atoms with E-state index in [0.29, 0.717) is 6.42 Å². The third-order valence-corrected chi connectivity index (χ3v) is 4.20. The average Bonchev–Trinajstić information content (AvgIpc) is 2.61. The van der Waals surface area contributed by atoms with Gasteiger partial charge in [0.15, 0.2) is 0 Å². The van der Waals surface area contributed by atoms with Crippen LogP contribution in [0.15, 0.2) is 54.6 Å². The van der Waals surface area contributed by atoms with Crippen LogP contribution in [0.5, 0.6) is 11.5 Å². The van der Waals surface area contributed by atoms with E-state index >= 15 is 0 Å². The van der Waals surface area contributed by atoms with Crippen LogP contribution < -0.4 is 10.1 Å². The van der Waals surface area contributed by atoms with Crippen molar-refractivity contribution in [3.05, 3.63) is 60.2 Å². The molecule has 0 aliphatic carbocycles. The molecule has 0 amide bonds. The molecule has 1 N–H and O–H groups in total. The number of alkyl halides is 1. The number of hydrogen-bond donors (Lipinski definition) is 1. The Morgan fingerprint density at radius 2 is 1.71 bits per heavy atom. The number of benzene rings is 2. The third kappa shape index (κ3) is 4.94. The maximum absolute atomic E-state index is 13.1. The molecule has 2 aromatic carbocycles. The highest BCUT2D eigenvalue weighted by molar-refractivity contribution is 5.85. The zero-order valence-electron chi connectivity index (χ0n) is 13.7. The van der Waals surface area contributed by atoms with Crippen molar-refractivity contribution in [2.45, 2.75) is 12.5 Å². The van der Waals surface area contributed by atoms with E-state index in [2.05, 4.69) is 16.3 Å². The monoisotopic (exact) mass is 350 g/mol. The zero-order chi connectivity index (χ0) is 15.9. The van der Waals surface area contributed by atoms with Gasteiger partial charge in [-0.05, 0) is 36.2 Å². The van der Waals surface area contributed by atoms with Crippen LogP contribution in [0.1, 0.15) is 18.0 Å². The summed E-state index contributed by atoms with van der Waals surface area (Å²) in [6, 6.07) is 17.9. The van der Waals surface area contributed by atoms with E-state index in [9.17, 15) is 4.39 Å². The van der Waals surface area contributed by atoms with Crippen LogP contribution in [0.2, 0.25) is 0 Å². The van der Waals surface area contributed by atoms with Crippen molar-refractivity contribution in [3.63, 3.8) is 0 Å². The van der Waals surface area contributed by atoms with E-state index in [1.807, 2.05) is 48.5 Å². The molecule has 1 fully saturated rings. The van der Waals surface area contributed by atoms with Crippen LogP contribution in [0.25, 0.3) is 0 Å². The number of para-hydroxylation sites is 1. The molecule has 0 radical (unpaired) electrons. The van der Waals surface area contributed by atoms with Crippen LogP contribution in [0, 0.1) is 0 Å². The molecule has 130 valence electrons. The molecular formula is C19H24ClFN2O. The number of nitrogens with zero attached hydrogens (tertiary/aromatic N) is 1. The van der Waals surface area contributed by atoms with Crippen LogP contribution in [-0.4, -0.2) is 37.8 Å². The topological polar surface area (TPSA) is 24.5 Å². The molecule has 1 atom stereocenters. The Bertz CT molecular complexity index is 605. The molecule has 3 nitrogen and oxygen atoms in total. The van der Waals surface area contributed by atoms with Crippen LogP contribution in [0.3, 0.4) is 0 Å². The number of nitrogens with one attached hydrogen (secondary N) is 1. The third-order valence-electron chi connectivity index (χ3n) is 4.20. The molecule has 2 aromatic rings. The first-order valence-corrected chi connectivity index (χ1v) is 8.20. The first-order valence-electron chi connectivity index (χ1n) is 8.20. The van der Waals surface area contributed by atoms with E-state index in [4.69, 9.17) is 4.74 Å². The van der Waals surface area contributed by atoms with Crippen molar-refractivity contribution in [1.29, 1.82) is 0 Å². The molecule has 24 heavy (non-hydrogen) atoms. The molecule has 0 bridgehead atoms. The fourth-order valence-corrected chi connectivity index (χ4v) is 3.07. The van der Waals surface area contributed by atoms with Crippen molar-refractivity contribution in [3.8, 4) is 11.5 Å². The first kappa shape index (κ1) is 18.7. The Morgan fingerprint density at radius 1 is 1.00 bits per heavy atom. The summed E-state index contributed by atoms with van der Waals surface area (Å²) in [7, 11) is 0. The van der Waals surface area contributed by atoms with Gasteiger partial charge in [0.05, 0.1) is 6.67 Å². The number of ether oxygens (including phenoxy) is 1. The second-order valence-electron chi connectivity index (χ2n) is 5.77. The molecule has 1 aliphatic rings. The molecule has 0 spiro atoms. The highest BCUT2D eigenvalue weighted by Crippen LogP contribution is 2.29. The summed E-state index contributed by atoms with van der Waals surface area (Å²) in [5, 5.41) is 3.35. The Balaban J connectivity index is 0.00000208. The Hall–Kier alpha value is -1.62. The van der Waals surface area contributed by atoms with Gasteiger partial charge < -0.3 is 10.1 Å². The standard InChI is InChI=1S/C19H23FN2O.ClH/c20-10-9-19(22-13-11-21-12-14-22)16-5-4-8-18(15-16)23-17-6-2-1-3-7-17;/h1-8,15,19,21H,9-14H2;1H/t19-;/m1./s1. The predicted molar refractivity (Wildman–Crippen MR) is 98.0 cm³/mol. The number of hydrogen-bond acceptors (Lipinski definition) is 3. The lowest BCUT2D eigenvalue weighted by molar-refractivity contribution is 0.157. The van der Waals surface area contributed by atoms with Gasteiger partial charge in [0, 0.05) is 32.2 Å². The lowest BCUT2D eigenvalue weighted by atomic mass is 10.0. The Morgan fingerprint density at radius 3 is 2.42 bits per heavy atom. The van der Waals surface area contributed by atoms with Crippen molar-refractivity contribution < 1.29 is 9.13 Å². The highest BCUT2D eigenvalue weighted by atomic mass is 35.5. The number of rotatable bonds is 6. The summed E-state index contributed by atoms with van der Waals surface area (Å²) in [5.41, 5.74) is 1.12. The van der Waals surface area contributed by atoms with Gasteiger partial charge in [-0.25, -0.2) is 0 Å². The highest BCUT2D eigenvalue weighted by Gasteiger charge is 2.22. The van der Waals surface area contributed by atoms with Gasteiger partial charge in [0.25, 0.3) is 0 Å². The fourth-order valence-electron chi connectivity index (χ4n) is 3.07. The van der Waals surface area contributed by atoms with Crippen molar-refractivity contribution >= 4 is 12.4 Å². The smallest absolute Gasteiger partial charge is 0.127 e. The summed E-state index contributed by atoms with van der Waals surface area (Å²) in [5.74, 6) is 1.61. The quantitative estimate of drug-likeness (QED) is 0.844. The largest absolute Gasteiger partial charge is 0.457 e. The molecule has 1 aliphatic heterocycles. The second kappa shape index (κ2) is 9.62. The summed E-state index contributed by atoms with van der Waals surface area (Å²) >= 11 is 0. The van der Waals surface area contributed by atoms with Crippen LogP contribution in [0.4, 0.5) is 4.39 Å². The van der Waals surface area contributed by atoms with E-state index in [-0.39, 0.29) is 25.1 Å². The van der Waals surface area contributed by atoms with Gasteiger partial charge in [0.2, 0.25) is 0 Å². The number of piperazine rings is 1. The maximum atomic E-state index is 13.1.